The van der Waals surface area contributed by atoms with Crippen LogP contribution < -0.4 is 0 Å². The van der Waals surface area contributed by atoms with Crippen molar-refractivity contribution >= 4 is 0 Å². The molecule has 1 saturated heterocycles. The van der Waals surface area contributed by atoms with Gasteiger partial charge in [-0.15, -0.1) is 0 Å². The number of epoxide rings is 1. The van der Waals surface area contributed by atoms with E-state index in [1.807, 2.05) is 0 Å². The fourth-order valence-electron chi connectivity index (χ4n) is 1.60. The molecule has 8 heavy (non-hydrogen) atoms. The summed E-state index contributed by atoms with van der Waals surface area (Å²) in [6, 6.07) is 0. The minimum Gasteiger partial charge on any atom is -0.393 e. The van der Waals surface area contributed by atoms with Crippen LogP contribution in [0.25, 0.3) is 0 Å². The minimum atomic E-state index is -0.0417. The van der Waals surface area contributed by atoms with Gasteiger partial charge in [0, 0.05) is 0 Å². The summed E-state index contributed by atoms with van der Waals surface area (Å²) in [6.45, 7) is 0.234. The van der Waals surface area contributed by atoms with E-state index >= 15 is 0 Å². The first-order valence-corrected chi connectivity index (χ1v) is 3.16. The van der Waals surface area contributed by atoms with Crippen molar-refractivity contribution in [3.05, 3.63) is 0 Å². The van der Waals surface area contributed by atoms with Crippen molar-refractivity contribution in [2.45, 2.75) is 31.0 Å². The molecule has 0 unspecified atom stereocenters. The van der Waals surface area contributed by atoms with E-state index in [2.05, 4.69) is 0 Å². The van der Waals surface area contributed by atoms with Gasteiger partial charge in [0.25, 0.3) is 0 Å². The van der Waals surface area contributed by atoms with Crippen molar-refractivity contribution in [2.24, 2.45) is 0 Å². The van der Waals surface area contributed by atoms with Gasteiger partial charge in [0.2, 0.25) is 0 Å². The first-order chi connectivity index (χ1) is 3.87. The molecule has 0 aromatic rings. The largest absolute Gasteiger partial charge is 0.393 e. The highest BCUT2D eigenvalue weighted by Crippen LogP contribution is 2.49. The Morgan fingerprint density at radius 2 is 2.62 bits per heavy atom. The van der Waals surface area contributed by atoms with Crippen LogP contribution in [0, 0.1) is 0 Å². The first kappa shape index (κ1) is 4.77. The van der Waals surface area contributed by atoms with Crippen LogP contribution in [0.4, 0.5) is 0 Å². The zero-order chi connectivity index (χ0) is 5.61. The molecule has 1 aliphatic heterocycles. The first-order valence-electron chi connectivity index (χ1n) is 3.16. The molecular formula is C6H10O2. The van der Waals surface area contributed by atoms with Gasteiger partial charge in [0.1, 0.15) is 5.60 Å². The molecule has 0 amide bonds. The van der Waals surface area contributed by atoms with Gasteiger partial charge in [-0.1, -0.05) is 0 Å². The number of aliphatic hydroxyl groups excluding tert-OH is 1. The van der Waals surface area contributed by atoms with E-state index in [4.69, 9.17) is 9.84 Å². The summed E-state index contributed by atoms with van der Waals surface area (Å²) in [7, 11) is 0. The van der Waals surface area contributed by atoms with Crippen molar-refractivity contribution in [3.63, 3.8) is 0 Å². The third-order valence-electron chi connectivity index (χ3n) is 2.24. The second kappa shape index (κ2) is 1.25. The number of aliphatic hydroxyl groups is 1. The van der Waals surface area contributed by atoms with Gasteiger partial charge in [-0.05, 0) is 19.3 Å². The molecule has 46 valence electrons. The van der Waals surface area contributed by atoms with Crippen LogP contribution in [-0.2, 0) is 4.74 Å². The monoisotopic (exact) mass is 114 g/mol. The maximum atomic E-state index is 8.74. The summed E-state index contributed by atoms with van der Waals surface area (Å²) in [5.74, 6) is 0. The van der Waals surface area contributed by atoms with Crippen LogP contribution in [0.3, 0.4) is 0 Å². The quantitative estimate of drug-likeness (QED) is 0.497. The molecule has 2 heteroatoms. The highest BCUT2D eigenvalue weighted by atomic mass is 16.6. The maximum absolute atomic E-state index is 8.74. The van der Waals surface area contributed by atoms with Crippen LogP contribution in [-0.4, -0.2) is 23.4 Å². The summed E-state index contributed by atoms with van der Waals surface area (Å²) in [5.41, 5.74) is -0.0417. The van der Waals surface area contributed by atoms with Crippen molar-refractivity contribution in [2.75, 3.05) is 6.61 Å². The van der Waals surface area contributed by atoms with Gasteiger partial charge >= 0.3 is 0 Å². The average molecular weight is 114 g/mol. The predicted octanol–water partition coefficient (Wildman–Crippen LogP) is 0.300. The van der Waals surface area contributed by atoms with Crippen LogP contribution in [0.2, 0.25) is 0 Å². The minimum absolute atomic E-state index is 0.0417. The van der Waals surface area contributed by atoms with Crippen molar-refractivity contribution in [3.8, 4) is 0 Å². The molecular weight excluding hydrogens is 104 g/mol. The molecule has 2 aliphatic rings. The van der Waals surface area contributed by atoms with Crippen molar-refractivity contribution in [1.29, 1.82) is 0 Å². The summed E-state index contributed by atoms with van der Waals surface area (Å²) < 4.78 is 5.24. The Labute approximate surface area is 48.5 Å². The Kier molecular flexibility index (Phi) is 0.746. The molecule has 2 nitrogen and oxygen atoms in total. The van der Waals surface area contributed by atoms with Crippen LogP contribution in [0.15, 0.2) is 0 Å². The molecule has 0 spiro atoms. The fraction of sp³-hybridized carbons (Fsp3) is 1.00. The molecule has 0 aromatic carbocycles. The Bertz CT molecular complexity index is 109. The average Bonchev–Trinajstić information content (AvgIpc) is 2.38. The van der Waals surface area contributed by atoms with Crippen LogP contribution >= 0.6 is 0 Å². The zero-order valence-corrected chi connectivity index (χ0v) is 4.76. The Morgan fingerprint density at radius 3 is 2.88 bits per heavy atom. The highest BCUT2D eigenvalue weighted by Gasteiger charge is 2.58. The van der Waals surface area contributed by atoms with Gasteiger partial charge in [-0.25, -0.2) is 0 Å². The van der Waals surface area contributed by atoms with Crippen LogP contribution in [0.1, 0.15) is 19.3 Å². The number of ether oxygens (including phenoxy) is 1. The Hall–Kier alpha value is -0.0800. The Balaban J connectivity index is 2.08. The molecule has 1 N–H and O–H groups in total. The highest BCUT2D eigenvalue weighted by molar-refractivity contribution is 5.06. The standard InChI is InChI=1S/C6H10O2/c7-4-6-3-1-2-5(6)8-6/h5,7H,1-4H2/t5-,6-/m1/s1. The predicted molar refractivity (Wildman–Crippen MR) is 28.5 cm³/mol. The zero-order valence-electron chi connectivity index (χ0n) is 4.76. The molecule has 2 fully saturated rings. The summed E-state index contributed by atoms with van der Waals surface area (Å²) >= 11 is 0. The smallest absolute Gasteiger partial charge is 0.118 e. The Morgan fingerprint density at radius 1 is 1.75 bits per heavy atom. The summed E-state index contributed by atoms with van der Waals surface area (Å²) in [5, 5.41) is 8.74. The third-order valence-corrected chi connectivity index (χ3v) is 2.24. The SMILES string of the molecule is OC[C@]12CCC[C@H]1O2. The van der Waals surface area contributed by atoms with E-state index in [9.17, 15) is 0 Å². The van der Waals surface area contributed by atoms with E-state index in [1.54, 1.807) is 0 Å². The molecule has 0 radical (unpaired) electrons. The normalized spacial score (nSPS) is 51.4. The second-order valence-electron chi connectivity index (χ2n) is 2.72. The molecule has 2 atom stereocenters. The van der Waals surface area contributed by atoms with Gasteiger partial charge in [-0.3, -0.25) is 0 Å². The van der Waals surface area contributed by atoms with Crippen molar-refractivity contribution < 1.29 is 9.84 Å². The maximum Gasteiger partial charge on any atom is 0.118 e. The van der Waals surface area contributed by atoms with E-state index in [0.717, 1.165) is 6.42 Å². The lowest BCUT2D eigenvalue weighted by Gasteiger charge is -1.99. The molecule has 1 aliphatic carbocycles. The molecule has 0 aromatic heterocycles. The topological polar surface area (TPSA) is 32.8 Å². The number of hydrogen-bond acceptors (Lipinski definition) is 2. The molecule has 1 saturated carbocycles. The molecule has 2 rings (SSSR count). The number of hydrogen-bond donors (Lipinski definition) is 1. The lowest BCUT2D eigenvalue weighted by atomic mass is 10.1. The summed E-state index contributed by atoms with van der Waals surface area (Å²) in [4.78, 5) is 0. The lowest BCUT2D eigenvalue weighted by Crippen LogP contribution is -2.14. The van der Waals surface area contributed by atoms with Gasteiger partial charge < -0.3 is 9.84 Å². The number of rotatable bonds is 1. The molecule has 0 bridgehead atoms. The second-order valence-corrected chi connectivity index (χ2v) is 2.72. The van der Waals surface area contributed by atoms with E-state index < -0.39 is 0 Å². The van der Waals surface area contributed by atoms with Gasteiger partial charge in [0.05, 0.1) is 12.7 Å². The summed E-state index contributed by atoms with van der Waals surface area (Å²) in [6.07, 6.45) is 3.91. The van der Waals surface area contributed by atoms with Gasteiger partial charge in [0.15, 0.2) is 0 Å². The van der Waals surface area contributed by atoms with Gasteiger partial charge in [-0.2, -0.15) is 0 Å². The van der Waals surface area contributed by atoms with Crippen molar-refractivity contribution in [1.82, 2.24) is 0 Å². The van der Waals surface area contributed by atoms with Crippen LogP contribution in [0.5, 0.6) is 0 Å². The van der Waals surface area contributed by atoms with E-state index in [1.165, 1.54) is 12.8 Å². The van der Waals surface area contributed by atoms with E-state index in [-0.39, 0.29) is 12.2 Å². The number of fused-ring (bicyclic) bond motifs is 1. The van der Waals surface area contributed by atoms with E-state index in [0.29, 0.717) is 6.10 Å². The molecule has 1 heterocycles. The lowest BCUT2D eigenvalue weighted by molar-refractivity contribution is 0.157. The third kappa shape index (κ3) is 0.400. The fourth-order valence-corrected chi connectivity index (χ4v) is 1.60.